The first-order valence-electron chi connectivity index (χ1n) is 5.45. The number of carbonyl (C=O) groups excluding carboxylic acids is 1. The molecule has 0 amide bonds. The molecule has 1 heterocycles. The number of hydrogen-bond acceptors (Lipinski definition) is 2. The van der Waals surface area contributed by atoms with Crippen LogP contribution in [0.2, 0.25) is 4.34 Å². The van der Waals surface area contributed by atoms with E-state index in [1.165, 1.54) is 16.9 Å². The molecule has 0 radical (unpaired) electrons. The van der Waals surface area contributed by atoms with Crippen molar-refractivity contribution >= 4 is 28.7 Å². The summed E-state index contributed by atoms with van der Waals surface area (Å²) in [6.07, 6.45) is 0.973. The second-order valence-corrected chi connectivity index (χ2v) is 5.88. The summed E-state index contributed by atoms with van der Waals surface area (Å²) in [6, 6.07) is 11.8. The van der Waals surface area contributed by atoms with E-state index in [4.69, 9.17) is 11.6 Å². The normalized spacial score (nSPS) is 10.5. The number of ketones is 1. The number of carbonyl (C=O) groups is 1. The molecule has 0 aliphatic heterocycles. The van der Waals surface area contributed by atoms with Crippen LogP contribution in [0.25, 0.3) is 0 Å². The molecule has 0 fully saturated rings. The van der Waals surface area contributed by atoms with Gasteiger partial charge in [0.25, 0.3) is 0 Å². The Hall–Kier alpha value is -1.12. The molecule has 1 aromatic heterocycles. The van der Waals surface area contributed by atoms with Gasteiger partial charge in [0.2, 0.25) is 0 Å². The maximum absolute atomic E-state index is 11.8. The summed E-state index contributed by atoms with van der Waals surface area (Å²) in [7, 11) is 0. The number of Topliss-reactive ketones (excluding diaryl/α,β-unsaturated/α-hetero) is 1. The minimum atomic E-state index is 0.229. The van der Waals surface area contributed by atoms with E-state index in [2.05, 4.69) is 0 Å². The molecule has 0 saturated carbocycles. The monoisotopic (exact) mass is 264 g/mol. The number of aryl methyl sites for hydroxylation is 1. The number of benzene rings is 1. The quantitative estimate of drug-likeness (QED) is 0.814. The third-order valence-corrected chi connectivity index (χ3v) is 3.75. The van der Waals surface area contributed by atoms with Gasteiger partial charge in [0, 0.05) is 17.7 Å². The van der Waals surface area contributed by atoms with E-state index in [0.717, 1.165) is 14.8 Å². The molecule has 0 unspecified atom stereocenters. The molecule has 3 heteroatoms. The van der Waals surface area contributed by atoms with Crippen LogP contribution in [0, 0.1) is 6.92 Å². The molecule has 0 bridgehead atoms. The minimum Gasteiger partial charge on any atom is -0.299 e. The van der Waals surface area contributed by atoms with Gasteiger partial charge in [-0.25, -0.2) is 0 Å². The van der Waals surface area contributed by atoms with Gasteiger partial charge in [0.1, 0.15) is 5.78 Å². The first kappa shape index (κ1) is 12.3. The van der Waals surface area contributed by atoms with Gasteiger partial charge in [0.15, 0.2) is 0 Å². The van der Waals surface area contributed by atoms with Gasteiger partial charge in [0.05, 0.1) is 4.34 Å². The SMILES string of the molecule is Cc1ccc(CC(=O)Cc2ccc(Cl)s2)cc1. The van der Waals surface area contributed by atoms with Crippen molar-refractivity contribution in [2.45, 2.75) is 19.8 Å². The maximum Gasteiger partial charge on any atom is 0.142 e. The van der Waals surface area contributed by atoms with Crippen molar-refractivity contribution in [3.05, 3.63) is 56.7 Å². The highest BCUT2D eigenvalue weighted by atomic mass is 35.5. The summed E-state index contributed by atoms with van der Waals surface area (Å²) in [5, 5.41) is 0. The Morgan fingerprint density at radius 2 is 1.82 bits per heavy atom. The lowest BCUT2D eigenvalue weighted by Crippen LogP contribution is -2.05. The van der Waals surface area contributed by atoms with Gasteiger partial charge >= 0.3 is 0 Å². The second kappa shape index (κ2) is 5.48. The topological polar surface area (TPSA) is 17.1 Å². The zero-order valence-corrected chi connectivity index (χ0v) is 11.1. The smallest absolute Gasteiger partial charge is 0.142 e. The fourth-order valence-corrected chi connectivity index (χ4v) is 2.75. The van der Waals surface area contributed by atoms with E-state index in [1.54, 1.807) is 0 Å². The number of rotatable bonds is 4. The van der Waals surface area contributed by atoms with Crippen molar-refractivity contribution in [1.82, 2.24) is 0 Å². The summed E-state index contributed by atoms with van der Waals surface area (Å²) in [4.78, 5) is 12.9. The third kappa shape index (κ3) is 3.69. The average molecular weight is 265 g/mol. The highest BCUT2D eigenvalue weighted by Gasteiger charge is 2.07. The number of thiophene rings is 1. The van der Waals surface area contributed by atoms with Crippen molar-refractivity contribution < 1.29 is 4.79 Å². The van der Waals surface area contributed by atoms with Crippen LogP contribution in [0.3, 0.4) is 0 Å². The summed E-state index contributed by atoms with van der Waals surface area (Å²) in [5.74, 6) is 0.229. The molecule has 0 saturated heterocycles. The molecule has 0 N–H and O–H groups in total. The Morgan fingerprint density at radius 3 is 2.41 bits per heavy atom. The van der Waals surface area contributed by atoms with Crippen molar-refractivity contribution in [3.8, 4) is 0 Å². The van der Waals surface area contributed by atoms with Crippen LogP contribution in [-0.4, -0.2) is 5.78 Å². The Bertz CT molecular complexity index is 513. The van der Waals surface area contributed by atoms with Gasteiger partial charge in [-0.3, -0.25) is 4.79 Å². The van der Waals surface area contributed by atoms with Crippen LogP contribution >= 0.6 is 22.9 Å². The fourth-order valence-electron chi connectivity index (χ4n) is 1.64. The van der Waals surface area contributed by atoms with Crippen LogP contribution in [0.15, 0.2) is 36.4 Å². The van der Waals surface area contributed by atoms with Crippen LogP contribution in [0.4, 0.5) is 0 Å². The van der Waals surface area contributed by atoms with Gasteiger partial charge < -0.3 is 0 Å². The highest BCUT2D eigenvalue weighted by Crippen LogP contribution is 2.22. The van der Waals surface area contributed by atoms with E-state index >= 15 is 0 Å². The van der Waals surface area contributed by atoms with Crippen LogP contribution < -0.4 is 0 Å². The van der Waals surface area contributed by atoms with Gasteiger partial charge in [-0.05, 0) is 24.6 Å². The first-order valence-corrected chi connectivity index (χ1v) is 6.64. The number of hydrogen-bond donors (Lipinski definition) is 0. The van der Waals surface area contributed by atoms with Crippen LogP contribution in [0.1, 0.15) is 16.0 Å². The summed E-state index contributed by atoms with van der Waals surface area (Å²) < 4.78 is 0.739. The van der Waals surface area contributed by atoms with E-state index in [1.807, 2.05) is 43.3 Å². The Kier molecular flexibility index (Phi) is 3.97. The summed E-state index contributed by atoms with van der Waals surface area (Å²) in [6.45, 7) is 2.04. The fraction of sp³-hybridized carbons (Fsp3) is 0.214. The van der Waals surface area contributed by atoms with Crippen molar-refractivity contribution in [3.63, 3.8) is 0 Å². The molecular weight excluding hydrogens is 252 g/mol. The highest BCUT2D eigenvalue weighted by molar-refractivity contribution is 7.16. The van der Waals surface area contributed by atoms with Gasteiger partial charge in [-0.15, -0.1) is 11.3 Å². The van der Waals surface area contributed by atoms with E-state index in [-0.39, 0.29) is 5.78 Å². The zero-order valence-electron chi connectivity index (χ0n) is 9.57. The molecule has 1 nitrogen and oxygen atoms in total. The van der Waals surface area contributed by atoms with Crippen LogP contribution in [-0.2, 0) is 17.6 Å². The molecule has 0 aliphatic rings. The van der Waals surface area contributed by atoms with Crippen molar-refractivity contribution in [1.29, 1.82) is 0 Å². The lowest BCUT2D eigenvalue weighted by Gasteiger charge is -2.00. The maximum atomic E-state index is 11.8. The zero-order chi connectivity index (χ0) is 12.3. The van der Waals surface area contributed by atoms with Gasteiger partial charge in [-0.1, -0.05) is 41.4 Å². The average Bonchev–Trinajstić information content (AvgIpc) is 2.67. The molecule has 17 heavy (non-hydrogen) atoms. The lowest BCUT2D eigenvalue weighted by atomic mass is 10.1. The Labute approximate surface area is 110 Å². The Balaban J connectivity index is 1.95. The lowest BCUT2D eigenvalue weighted by molar-refractivity contribution is -0.117. The third-order valence-electron chi connectivity index (χ3n) is 2.52. The summed E-state index contributed by atoms with van der Waals surface area (Å²) in [5.41, 5.74) is 2.29. The molecule has 0 spiro atoms. The molecule has 1 aromatic carbocycles. The molecule has 0 atom stereocenters. The molecule has 0 aliphatic carbocycles. The molecule has 88 valence electrons. The second-order valence-electron chi connectivity index (χ2n) is 4.08. The molecule has 2 rings (SSSR count). The van der Waals surface area contributed by atoms with Crippen molar-refractivity contribution in [2.75, 3.05) is 0 Å². The van der Waals surface area contributed by atoms with Crippen LogP contribution in [0.5, 0.6) is 0 Å². The molecular formula is C14H13ClOS. The van der Waals surface area contributed by atoms with E-state index < -0.39 is 0 Å². The number of halogens is 1. The standard InChI is InChI=1S/C14H13ClOS/c1-10-2-4-11(5-3-10)8-12(16)9-13-6-7-14(15)17-13/h2-7H,8-9H2,1H3. The minimum absolute atomic E-state index is 0.229. The van der Waals surface area contributed by atoms with E-state index in [9.17, 15) is 4.79 Å². The Morgan fingerprint density at radius 1 is 1.12 bits per heavy atom. The predicted octanol–water partition coefficient (Wildman–Crippen LogP) is 4.06. The largest absolute Gasteiger partial charge is 0.299 e. The summed E-state index contributed by atoms with van der Waals surface area (Å²) >= 11 is 7.30. The molecule has 2 aromatic rings. The predicted molar refractivity (Wildman–Crippen MR) is 72.9 cm³/mol. The van der Waals surface area contributed by atoms with Crippen molar-refractivity contribution in [2.24, 2.45) is 0 Å². The van der Waals surface area contributed by atoms with E-state index in [0.29, 0.717) is 12.8 Å². The van der Waals surface area contributed by atoms with Gasteiger partial charge in [-0.2, -0.15) is 0 Å². The first-order chi connectivity index (χ1) is 8.13.